The fraction of sp³-hybridized carbons (Fsp3) is 0.647. The number of rotatable bonds is 4. The van der Waals surface area contributed by atoms with Gasteiger partial charge in [-0.3, -0.25) is 0 Å². The van der Waals surface area contributed by atoms with E-state index in [1.807, 2.05) is 0 Å². The molecule has 1 aromatic carbocycles. The van der Waals surface area contributed by atoms with Gasteiger partial charge >= 0.3 is 0 Å². The quantitative estimate of drug-likeness (QED) is 0.911. The van der Waals surface area contributed by atoms with Crippen LogP contribution >= 0.6 is 0 Å². The number of hydrogen-bond donors (Lipinski definition) is 1. The summed E-state index contributed by atoms with van der Waals surface area (Å²) in [6.07, 6.45) is 1.23. The summed E-state index contributed by atoms with van der Waals surface area (Å²) < 4.78 is 0. The highest BCUT2D eigenvalue weighted by molar-refractivity contribution is 5.59. The molecule has 0 radical (unpaired) electrons. The molecule has 1 aliphatic heterocycles. The molecule has 112 valence electrons. The second kappa shape index (κ2) is 6.49. The van der Waals surface area contributed by atoms with Gasteiger partial charge in [0.25, 0.3) is 0 Å². The van der Waals surface area contributed by atoms with E-state index in [0.29, 0.717) is 18.0 Å². The van der Waals surface area contributed by atoms with E-state index in [1.165, 1.54) is 17.8 Å². The normalized spacial score (nSPS) is 26.6. The second-order valence-corrected chi connectivity index (χ2v) is 6.16. The van der Waals surface area contributed by atoms with Gasteiger partial charge in [-0.05, 0) is 44.0 Å². The van der Waals surface area contributed by atoms with Gasteiger partial charge in [0, 0.05) is 44.1 Å². The van der Waals surface area contributed by atoms with Crippen molar-refractivity contribution < 1.29 is 0 Å². The Balaban J connectivity index is 2.15. The van der Waals surface area contributed by atoms with Crippen molar-refractivity contribution >= 4 is 11.4 Å². The Morgan fingerprint density at radius 2 is 2.05 bits per heavy atom. The number of anilines is 2. The lowest BCUT2D eigenvalue weighted by Crippen LogP contribution is -2.53. The number of piperidine rings is 1. The largest absolute Gasteiger partial charge is 0.378 e. The topological polar surface area (TPSA) is 18.5 Å². The van der Waals surface area contributed by atoms with Crippen LogP contribution in [0.1, 0.15) is 27.2 Å². The third-order valence-electron chi connectivity index (χ3n) is 4.71. The van der Waals surface area contributed by atoms with Gasteiger partial charge in [-0.15, -0.1) is 0 Å². The average molecular weight is 275 g/mol. The summed E-state index contributed by atoms with van der Waals surface area (Å²) in [5, 5.41) is 3.63. The molecule has 1 aliphatic rings. The monoisotopic (exact) mass is 275 g/mol. The van der Waals surface area contributed by atoms with Gasteiger partial charge in [-0.25, -0.2) is 0 Å². The van der Waals surface area contributed by atoms with Crippen LogP contribution in [-0.2, 0) is 0 Å². The van der Waals surface area contributed by atoms with Gasteiger partial charge in [0.15, 0.2) is 0 Å². The van der Waals surface area contributed by atoms with Crippen LogP contribution in [-0.4, -0.2) is 39.3 Å². The van der Waals surface area contributed by atoms with E-state index in [0.717, 1.165) is 13.1 Å². The molecule has 0 aliphatic carbocycles. The van der Waals surface area contributed by atoms with Crippen LogP contribution in [0, 0.1) is 5.92 Å². The van der Waals surface area contributed by atoms with E-state index < -0.39 is 0 Å². The van der Waals surface area contributed by atoms with E-state index in [-0.39, 0.29) is 0 Å². The standard InChI is InChI=1S/C17H29N3/c1-6-18-17-10-11-20(14(3)13(17)2)16-9-7-8-15(12-16)19(4)5/h7-9,12-14,17-18H,6,10-11H2,1-5H3. The molecule has 0 bridgehead atoms. The lowest BCUT2D eigenvalue weighted by atomic mass is 9.86. The van der Waals surface area contributed by atoms with Crippen molar-refractivity contribution in [2.45, 2.75) is 39.3 Å². The Morgan fingerprint density at radius 3 is 2.70 bits per heavy atom. The van der Waals surface area contributed by atoms with Gasteiger partial charge < -0.3 is 15.1 Å². The van der Waals surface area contributed by atoms with Crippen molar-refractivity contribution in [3.8, 4) is 0 Å². The Bertz CT molecular complexity index is 430. The highest BCUT2D eigenvalue weighted by Gasteiger charge is 2.31. The number of nitrogens with one attached hydrogen (secondary N) is 1. The minimum Gasteiger partial charge on any atom is -0.378 e. The third kappa shape index (κ3) is 3.09. The third-order valence-corrected chi connectivity index (χ3v) is 4.71. The van der Waals surface area contributed by atoms with Crippen LogP contribution in [0.5, 0.6) is 0 Å². The Kier molecular flexibility index (Phi) is 4.92. The van der Waals surface area contributed by atoms with E-state index in [4.69, 9.17) is 0 Å². The number of benzene rings is 1. The predicted molar refractivity (Wildman–Crippen MR) is 88.8 cm³/mol. The molecule has 3 atom stereocenters. The van der Waals surface area contributed by atoms with Crippen molar-refractivity contribution in [1.29, 1.82) is 0 Å². The maximum Gasteiger partial charge on any atom is 0.0389 e. The zero-order valence-electron chi connectivity index (χ0n) is 13.6. The molecule has 1 fully saturated rings. The van der Waals surface area contributed by atoms with E-state index >= 15 is 0 Å². The fourth-order valence-corrected chi connectivity index (χ4v) is 3.23. The average Bonchev–Trinajstić information content (AvgIpc) is 2.44. The lowest BCUT2D eigenvalue weighted by molar-refractivity contribution is 0.274. The van der Waals surface area contributed by atoms with Crippen molar-refractivity contribution in [3.63, 3.8) is 0 Å². The molecule has 0 spiro atoms. The summed E-state index contributed by atoms with van der Waals surface area (Å²) in [6.45, 7) is 9.14. The fourth-order valence-electron chi connectivity index (χ4n) is 3.23. The highest BCUT2D eigenvalue weighted by atomic mass is 15.2. The summed E-state index contributed by atoms with van der Waals surface area (Å²) >= 11 is 0. The van der Waals surface area contributed by atoms with Crippen LogP contribution in [0.25, 0.3) is 0 Å². The molecule has 1 saturated heterocycles. The molecule has 3 heteroatoms. The van der Waals surface area contributed by atoms with Crippen LogP contribution < -0.4 is 15.1 Å². The second-order valence-electron chi connectivity index (χ2n) is 6.16. The molecular weight excluding hydrogens is 246 g/mol. The molecule has 1 N–H and O–H groups in total. The zero-order valence-corrected chi connectivity index (χ0v) is 13.6. The summed E-state index contributed by atoms with van der Waals surface area (Å²) in [7, 11) is 4.20. The first-order valence-corrected chi connectivity index (χ1v) is 7.82. The first-order chi connectivity index (χ1) is 9.54. The Morgan fingerprint density at radius 1 is 1.30 bits per heavy atom. The molecule has 3 nitrogen and oxygen atoms in total. The first kappa shape index (κ1) is 15.2. The highest BCUT2D eigenvalue weighted by Crippen LogP contribution is 2.30. The Labute approximate surface area is 124 Å². The van der Waals surface area contributed by atoms with Gasteiger partial charge in [0.05, 0.1) is 0 Å². The summed E-state index contributed by atoms with van der Waals surface area (Å²) in [4.78, 5) is 4.73. The van der Waals surface area contributed by atoms with Crippen LogP contribution in [0.15, 0.2) is 24.3 Å². The van der Waals surface area contributed by atoms with Gasteiger partial charge in [-0.2, -0.15) is 0 Å². The molecule has 0 aromatic heterocycles. The van der Waals surface area contributed by atoms with E-state index in [9.17, 15) is 0 Å². The molecule has 1 heterocycles. The smallest absolute Gasteiger partial charge is 0.0389 e. The molecule has 0 amide bonds. The van der Waals surface area contributed by atoms with Crippen molar-refractivity contribution in [2.24, 2.45) is 5.92 Å². The van der Waals surface area contributed by atoms with Gasteiger partial charge in [0.2, 0.25) is 0 Å². The molecule has 0 saturated carbocycles. The van der Waals surface area contributed by atoms with E-state index in [1.54, 1.807) is 0 Å². The number of hydrogen-bond acceptors (Lipinski definition) is 3. The predicted octanol–water partition coefficient (Wildman–Crippen LogP) is 2.97. The molecule has 3 unspecified atom stereocenters. The Hall–Kier alpha value is -1.22. The molecule has 2 rings (SSSR count). The maximum absolute atomic E-state index is 3.63. The summed E-state index contributed by atoms with van der Waals surface area (Å²) in [5.74, 6) is 0.673. The summed E-state index contributed by atoms with van der Waals surface area (Å²) in [6, 6.07) is 10.1. The molecular formula is C17H29N3. The molecule has 1 aromatic rings. The SMILES string of the molecule is CCNC1CCN(c2cccc(N(C)C)c2)C(C)C1C. The minimum absolute atomic E-state index is 0.574. The van der Waals surface area contributed by atoms with Gasteiger partial charge in [0.1, 0.15) is 0 Å². The van der Waals surface area contributed by atoms with Crippen LogP contribution in [0.3, 0.4) is 0 Å². The maximum atomic E-state index is 3.63. The van der Waals surface area contributed by atoms with Crippen molar-refractivity contribution in [2.75, 3.05) is 37.0 Å². The van der Waals surface area contributed by atoms with Crippen LogP contribution in [0.4, 0.5) is 11.4 Å². The molecule has 20 heavy (non-hydrogen) atoms. The van der Waals surface area contributed by atoms with E-state index in [2.05, 4.69) is 74.2 Å². The lowest BCUT2D eigenvalue weighted by Gasteiger charge is -2.44. The number of nitrogens with zero attached hydrogens (tertiary/aromatic N) is 2. The van der Waals surface area contributed by atoms with Crippen molar-refractivity contribution in [3.05, 3.63) is 24.3 Å². The van der Waals surface area contributed by atoms with Crippen LogP contribution in [0.2, 0.25) is 0 Å². The van der Waals surface area contributed by atoms with Gasteiger partial charge in [-0.1, -0.05) is 19.9 Å². The zero-order chi connectivity index (χ0) is 14.7. The van der Waals surface area contributed by atoms with Crippen molar-refractivity contribution in [1.82, 2.24) is 5.32 Å². The summed E-state index contributed by atoms with van der Waals surface area (Å²) in [5.41, 5.74) is 2.63. The first-order valence-electron chi connectivity index (χ1n) is 7.82. The minimum atomic E-state index is 0.574.